The standard InChI is InChI=1S/C15H18N2O4/c1-9(2)17-8-11(7-13(17)18)15(20)21-12-5-3-4-10(6-12)14(16)19/h3-6,9,11H,7-8H2,1-2H3,(H2,16,19). The molecular weight excluding hydrogens is 272 g/mol. The van der Waals surface area contributed by atoms with Gasteiger partial charge in [0.25, 0.3) is 0 Å². The Morgan fingerprint density at radius 3 is 2.67 bits per heavy atom. The average molecular weight is 290 g/mol. The molecule has 21 heavy (non-hydrogen) atoms. The molecule has 0 aliphatic carbocycles. The molecule has 1 atom stereocenters. The highest BCUT2D eigenvalue weighted by atomic mass is 16.5. The van der Waals surface area contributed by atoms with Crippen molar-refractivity contribution in [2.24, 2.45) is 11.7 Å². The topological polar surface area (TPSA) is 89.7 Å². The van der Waals surface area contributed by atoms with Crippen LogP contribution in [0.3, 0.4) is 0 Å². The Labute approximate surface area is 122 Å². The summed E-state index contributed by atoms with van der Waals surface area (Å²) < 4.78 is 5.24. The van der Waals surface area contributed by atoms with Crippen LogP contribution >= 0.6 is 0 Å². The smallest absolute Gasteiger partial charge is 0.316 e. The number of amides is 2. The van der Waals surface area contributed by atoms with E-state index in [9.17, 15) is 14.4 Å². The number of nitrogens with zero attached hydrogens (tertiary/aromatic N) is 1. The van der Waals surface area contributed by atoms with E-state index < -0.39 is 17.8 Å². The van der Waals surface area contributed by atoms with E-state index in [4.69, 9.17) is 10.5 Å². The maximum absolute atomic E-state index is 12.1. The SMILES string of the molecule is CC(C)N1CC(C(=O)Oc2cccc(C(N)=O)c2)CC1=O. The van der Waals surface area contributed by atoms with Gasteiger partial charge in [0.15, 0.2) is 0 Å². The van der Waals surface area contributed by atoms with Gasteiger partial charge in [0.2, 0.25) is 11.8 Å². The van der Waals surface area contributed by atoms with E-state index in [1.165, 1.54) is 6.07 Å². The van der Waals surface area contributed by atoms with E-state index in [1.54, 1.807) is 23.1 Å². The van der Waals surface area contributed by atoms with Crippen molar-refractivity contribution >= 4 is 17.8 Å². The van der Waals surface area contributed by atoms with Gasteiger partial charge in [-0.25, -0.2) is 0 Å². The van der Waals surface area contributed by atoms with Gasteiger partial charge < -0.3 is 15.4 Å². The highest BCUT2D eigenvalue weighted by molar-refractivity contribution is 5.93. The van der Waals surface area contributed by atoms with Crippen LogP contribution in [0.1, 0.15) is 30.6 Å². The van der Waals surface area contributed by atoms with Crippen molar-refractivity contribution in [3.05, 3.63) is 29.8 Å². The van der Waals surface area contributed by atoms with E-state index in [2.05, 4.69) is 0 Å². The quantitative estimate of drug-likeness (QED) is 0.660. The minimum atomic E-state index is -0.588. The largest absolute Gasteiger partial charge is 0.426 e. The molecule has 0 spiro atoms. The number of carbonyl (C=O) groups excluding carboxylic acids is 3. The molecule has 1 unspecified atom stereocenters. The van der Waals surface area contributed by atoms with Crippen LogP contribution in [-0.4, -0.2) is 35.3 Å². The number of likely N-dealkylation sites (tertiary alicyclic amines) is 1. The summed E-state index contributed by atoms with van der Waals surface area (Å²) in [4.78, 5) is 36.6. The van der Waals surface area contributed by atoms with Crippen molar-refractivity contribution in [1.82, 2.24) is 4.90 Å². The van der Waals surface area contributed by atoms with Gasteiger partial charge in [0.05, 0.1) is 5.92 Å². The van der Waals surface area contributed by atoms with Crippen LogP contribution in [0.15, 0.2) is 24.3 Å². The number of carbonyl (C=O) groups is 3. The molecule has 0 aromatic heterocycles. The molecule has 0 saturated carbocycles. The van der Waals surface area contributed by atoms with Crippen LogP contribution in [0.25, 0.3) is 0 Å². The van der Waals surface area contributed by atoms with Crippen LogP contribution in [0.2, 0.25) is 0 Å². The van der Waals surface area contributed by atoms with Crippen molar-refractivity contribution in [1.29, 1.82) is 0 Å². The Morgan fingerprint density at radius 1 is 1.38 bits per heavy atom. The van der Waals surface area contributed by atoms with Crippen LogP contribution in [0.5, 0.6) is 5.75 Å². The van der Waals surface area contributed by atoms with E-state index >= 15 is 0 Å². The van der Waals surface area contributed by atoms with Crippen molar-refractivity contribution in [2.75, 3.05) is 6.54 Å². The fraction of sp³-hybridized carbons (Fsp3) is 0.400. The minimum absolute atomic E-state index is 0.0437. The maximum Gasteiger partial charge on any atom is 0.316 e. The lowest BCUT2D eigenvalue weighted by atomic mass is 10.1. The second-order valence-corrected chi connectivity index (χ2v) is 5.35. The highest BCUT2D eigenvalue weighted by Gasteiger charge is 2.36. The zero-order chi connectivity index (χ0) is 15.6. The fourth-order valence-corrected chi connectivity index (χ4v) is 2.30. The van der Waals surface area contributed by atoms with Crippen molar-refractivity contribution in [2.45, 2.75) is 26.3 Å². The summed E-state index contributed by atoms with van der Waals surface area (Å²) in [5, 5.41) is 0. The monoisotopic (exact) mass is 290 g/mol. The van der Waals surface area contributed by atoms with E-state index in [0.29, 0.717) is 6.54 Å². The molecule has 1 heterocycles. The predicted octanol–water partition coefficient (Wildman–Crippen LogP) is 0.948. The normalized spacial score (nSPS) is 18.1. The molecule has 1 saturated heterocycles. The Hall–Kier alpha value is -2.37. The fourth-order valence-electron chi connectivity index (χ4n) is 2.30. The van der Waals surface area contributed by atoms with Crippen LogP contribution in [0.4, 0.5) is 0 Å². The summed E-state index contributed by atoms with van der Waals surface area (Å²) in [5.41, 5.74) is 5.44. The molecule has 1 aromatic carbocycles. The summed E-state index contributed by atoms with van der Waals surface area (Å²) in [7, 11) is 0. The third-order valence-corrected chi connectivity index (χ3v) is 3.45. The zero-order valence-corrected chi connectivity index (χ0v) is 12.0. The number of hydrogen-bond acceptors (Lipinski definition) is 4. The Morgan fingerprint density at radius 2 is 2.10 bits per heavy atom. The first-order valence-corrected chi connectivity index (χ1v) is 6.79. The molecule has 112 valence electrons. The second-order valence-electron chi connectivity index (χ2n) is 5.35. The van der Waals surface area contributed by atoms with Gasteiger partial charge in [0, 0.05) is 24.6 Å². The third kappa shape index (κ3) is 3.39. The Balaban J connectivity index is 2.04. The summed E-state index contributed by atoms with van der Waals surface area (Å²) in [6, 6.07) is 6.18. The van der Waals surface area contributed by atoms with E-state index in [-0.39, 0.29) is 29.7 Å². The number of esters is 1. The summed E-state index contributed by atoms with van der Waals surface area (Å²) in [5.74, 6) is -1.32. The van der Waals surface area contributed by atoms with Gasteiger partial charge >= 0.3 is 5.97 Å². The average Bonchev–Trinajstić information content (AvgIpc) is 2.81. The van der Waals surface area contributed by atoms with Gasteiger partial charge in [-0.2, -0.15) is 0 Å². The van der Waals surface area contributed by atoms with Gasteiger partial charge in [-0.05, 0) is 32.0 Å². The van der Waals surface area contributed by atoms with Gasteiger partial charge in [-0.15, -0.1) is 0 Å². The summed E-state index contributed by atoms with van der Waals surface area (Å²) in [6.45, 7) is 4.18. The number of ether oxygens (including phenoxy) is 1. The van der Waals surface area contributed by atoms with Gasteiger partial charge in [0.1, 0.15) is 5.75 Å². The van der Waals surface area contributed by atoms with E-state index in [0.717, 1.165) is 0 Å². The Bertz CT molecular complexity index is 583. The first kappa shape index (κ1) is 15.0. The van der Waals surface area contributed by atoms with Crippen LogP contribution in [0, 0.1) is 5.92 Å². The molecule has 2 rings (SSSR count). The molecule has 1 aliphatic rings. The second kappa shape index (κ2) is 5.95. The molecule has 6 nitrogen and oxygen atoms in total. The van der Waals surface area contributed by atoms with Crippen LogP contribution in [-0.2, 0) is 9.59 Å². The van der Waals surface area contributed by atoms with E-state index in [1.807, 2.05) is 13.8 Å². The van der Waals surface area contributed by atoms with Crippen molar-refractivity contribution < 1.29 is 19.1 Å². The zero-order valence-electron chi connectivity index (χ0n) is 12.0. The van der Waals surface area contributed by atoms with Gasteiger partial charge in [-0.3, -0.25) is 14.4 Å². The van der Waals surface area contributed by atoms with Crippen molar-refractivity contribution in [3.8, 4) is 5.75 Å². The minimum Gasteiger partial charge on any atom is -0.426 e. The molecule has 0 radical (unpaired) electrons. The number of primary amides is 1. The molecule has 2 amide bonds. The number of nitrogens with two attached hydrogens (primary N) is 1. The first-order valence-electron chi connectivity index (χ1n) is 6.79. The Kier molecular flexibility index (Phi) is 4.26. The molecule has 1 aromatic rings. The van der Waals surface area contributed by atoms with Gasteiger partial charge in [-0.1, -0.05) is 6.07 Å². The lowest BCUT2D eigenvalue weighted by Gasteiger charge is -2.20. The molecule has 2 N–H and O–H groups in total. The lowest BCUT2D eigenvalue weighted by molar-refractivity contribution is -0.139. The summed E-state index contributed by atoms with van der Waals surface area (Å²) >= 11 is 0. The third-order valence-electron chi connectivity index (χ3n) is 3.45. The number of hydrogen-bond donors (Lipinski definition) is 1. The van der Waals surface area contributed by atoms with Crippen LogP contribution < -0.4 is 10.5 Å². The molecule has 6 heteroatoms. The van der Waals surface area contributed by atoms with Crippen molar-refractivity contribution in [3.63, 3.8) is 0 Å². The first-order chi connectivity index (χ1) is 9.88. The maximum atomic E-state index is 12.1. The number of benzene rings is 1. The highest BCUT2D eigenvalue weighted by Crippen LogP contribution is 2.23. The molecule has 1 fully saturated rings. The summed E-state index contributed by atoms with van der Waals surface area (Å²) in [6.07, 6.45) is 0.159. The molecule has 0 bridgehead atoms. The molecular formula is C15H18N2O4. The molecule has 1 aliphatic heterocycles. The lowest BCUT2D eigenvalue weighted by Crippen LogP contribution is -2.33. The predicted molar refractivity (Wildman–Crippen MR) is 75.6 cm³/mol. The number of rotatable bonds is 4.